The van der Waals surface area contributed by atoms with E-state index in [1.165, 1.54) is 0 Å². The number of hydrogen-bond acceptors (Lipinski definition) is 2. The zero-order valence-corrected chi connectivity index (χ0v) is 8.65. The lowest BCUT2D eigenvalue weighted by Crippen LogP contribution is -2.48. The predicted molar refractivity (Wildman–Crippen MR) is 51.8 cm³/mol. The Labute approximate surface area is 76.0 Å². The van der Waals surface area contributed by atoms with Crippen molar-refractivity contribution in [2.45, 2.75) is 46.1 Å². The molecule has 0 aliphatic rings. The van der Waals surface area contributed by atoms with Crippen LogP contribution in [0.4, 0.5) is 0 Å². The van der Waals surface area contributed by atoms with Gasteiger partial charge in [-0.3, -0.25) is 5.32 Å². The van der Waals surface area contributed by atoms with Gasteiger partial charge in [0.2, 0.25) is 0 Å². The summed E-state index contributed by atoms with van der Waals surface area (Å²) in [7, 11) is 0. The first kappa shape index (κ1) is 11.4. The van der Waals surface area contributed by atoms with Gasteiger partial charge >= 0.3 is 0 Å². The molecule has 0 bridgehead atoms. The summed E-state index contributed by atoms with van der Waals surface area (Å²) >= 11 is 0. The molecule has 0 saturated heterocycles. The topological polar surface area (TPSA) is 35.8 Å². The van der Waals surface area contributed by atoms with Crippen LogP contribution >= 0.6 is 0 Å². The average Bonchev–Trinajstić information content (AvgIpc) is 2.07. The van der Waals surface area contributed by atoms with E-state index < -0.39 is 0 Å². The van der Waals surface area contributed by atoms with Gasteiger partial charge in [-0.1, -0.05) is 27.7 Å². The van der Waals surface area contributed by atoms with Gasteiger partial charge in [0.1, 0.15) is 5.54 Å². The minimum absolute atomic E-state index is 0.310. The molecule has 0 aliphatic carbocycles. The molecule has 12 heavy (non-hydrogen) atoms. The Morgan fingerprint density at radius 3 is 2.25 bits per heavy atom. The summed E-state index contributed by atoms with van der Waals surface area (Å²) in [6.45, 7) is 9.29. The molecule has 1 atom stereocenters. The van der Waals surface area contributed by atoms with E-state index in [0.29, 0.717) is 5.92 Å². The Balaban J connectivity index is 4.28. The maximum absolute atomic E-state index is 9.06. The van der Waals surface area contributed by atoms with E-state index in [9.17, 15) is 0 Å². The Hall–Kier alpha value is -0.550. The molecular weight excluding hydrogens is 148 g/mol. The zero-order valence-electron chi connectivity index (χ0n) is 8.65. The van der Waals surface area contributed by atoms with Gasteiger partial charge in [-0.2, -0.15) is 5.26 Å². The first-order chi connectivity index (χ1) is 5.63. The first-order valence-electron chi connectivity index (χ1n) is 4.79. The molecule has 1 unspecified atom stereocenters. The number of nitriles is 1. The fraction of sp³-hybridized carbons (Fsp3) is 0.900. The van der Waals surface area contributed by atoms with Crippen molar-refractivity contribution in [3.05, 3.63) is 0 Å². The monoisotopic (exact) mass is 168 g/mol. The van der Waals surface area contributed by atoms with Crippen molar-refractivity contribution in [3.63, 3.8) is 0 Å². The first-order valence-corrected chi connectivity index (χ1v) is 4.79. The number of rotatable bonds is 5. The summed E-state index contributed by atoms with van der Waals surface area (Å²) in [6.07, 6.45) is 1.96. The van der Waals surface area contributed by atoms with Crippen LogP contribution in [0.2, 0.25) is 0 Å². The van der Waals surface area contributed by atoms with E-state index in [0.717, 1.165) is 19.4 Å². The van der Waals surface area contributed by atoms with Gasteiger partial charge in [-0.15, -0.1) is 0 Å². The third kappa shape index (κ3) is 2.49. The van der Waals surface area contributed by atoms with Crippen molar-refractivity contribution in [2.75, 3.05) is 6.54 Å². The van der Waals surface area contributed by atoms with Gasteiger partial charge in [0.25, 0.3) is 0 Å². The molecule has 0 aromatic rings. The van der Waals surface area contributed by atoms with Crippen LogP contribution in [-0.4, -0.2) is 12.1 Å². The molecule has 1 N–H and O–H groups in total. The van der Waals surface area contributed by atoms with Gasteiger partial charge in [0.15, 0.2) is 0 Å². The van der Waals surface area contributed by atoms with Gasteiger partial charge in [0, 0.05) is 0 Å². The molecule has 2 nitrogen and oxygen atoms in total. The van der Waals surface area contributed by atoms with Crippen LogP contribution in [-0.2, 0) is 0 Å². The normalized spacial score (nSPS) is 15.7. The van der Waals surface area contributed by atoms with Crippen LogP contribution in [0.3, 0.4) is 0 Å². The van der Waals surface area contributed by atoms with E-state index in [1.807, 2.05) is 0 Å². The van der Waals surface area contributed by atoms with Crippen molar-refractivity contribution >= 4 is 0 Å². The van der Waals surface area contributed by atoms with Crippen molar-refractivity contribution in [3.8, 4) is 6.07 Å². The summed E-state index contributed by atoms with van der Waals surface area (Å²) in [5, 5.41) is 12.4. The largest absolute Gasteiger partial charge is 0.299 e. The van der Waals surface area contributed by atoms with Gasteiger partial charge in [-0.05, 0) is 25.3 Å². The van der Waals surface area contributed by atoms with Crippen molar-refractivity contribution in [1.29, 1.82) is 5.26 Å². The number of hydrogen-bond donors (Lipinski definition) is 1. The highest BCUT2D eigenvalue weighted by atomic mass is 15.0. The van der Waals surface area contributed by atoms with E-state index in [2.05, 4.69) is 39.1 Å². The maximum atomic E-state index is 9.06. The molecular formula is C10H20N2. The molecule has 0 spiro atoms. The predicted octanol–water partition coefficient (Wildman–Crippen LogP) is 2.31. The van der Waals surface area contributed by atoms with Crippen molar-refractivity contribution in [1.82, 2.24) is 5.32 Å². The third-order valence-corrected chi connectivity index (χ3v) is 2.43. The summed E-state index contributed by atoms with van der Waals surface area (Å²) in [5.74, 6) is 0.374. The van der Waals surface area contributed by atoms with E-state index in [1.54, 1.807) is 0 Å². The fourth-order valence-electron chi connectivity index (χ4n) is 1.33. The molecule has 0 rings (SSSR count). The Morgan fingerprint density at radius 1 is 1.42 bits per heavy atom. The summed E-state index contributed by atoms with van der Waals surface area (Å²) in [5.41, 5.74) is -0.310. The van der Waals surface area contributed by atoms with Crippen LogP contribution in [0, 0.1) is 17.2 Å². The zero-order chi connectivity index (χ0) is 9.61. The Kier molecular flexibility index (Phi) is 4.92. The molecule has 70 valence electrons. The Bertz CT molecular complexity index is 158. The van der Waals surface area contributed by atoms with Crippen LogP contribution in [0.15, 0.2) is 0 Å². The third-order valence-electron chi connectivity index (χ3n) is 2.43. The smallest absolute Gasteiger partial charge is 0.108 e. The average molecular weight is 168 g/mol. The number of nitrogens with zero attached hydrogens (tertiary/aromatic N) is 1. The van der Waals surface area contributed by atoms with Crippen molar-refractivity contribution < 1.29 is 0 Å². The second-order valence-electron chi connectivity index (χ2n) is 3.52. The second kappa shape index (κ2) is 5.16. The van der Waals surface area contributed by atoms with E-state index in [4.69, 9.17) is 5.26 Å². The minimum atomic E-state index is -0.310. The molecule has 0 fully saturated rings. The lowest BCUT2D eigenvalue weighted by Gasteiger charge is -2.30. The van der Waals surface area contributed by atoms with Gasteiger partial charge in [-0.25, -0.2) is 0 Å². The molecule has 0 radical (unpaired) electrons. The highest BCUT2D eigenvalue weighted by Gasteiger charge is 2.30. The highest BCUT2D eigenvalue weighted by Crippen LogP contribution is 2.19. The molecule has 2 heteroatoms. The molecule has 0 amide bonds. The molecule has 0 saturated carbocycles. The quantitative estimate of drug-likeness (QED) is 0.683. The standard InChI is InChI=1S/C10H20N2/c1-5-7-12-10(6-2,8-11)9(3)4/h9,12H,5-7H2,1-4H3. The second-order valence-corrected chi connectivity index (χ2v) is 3.52. The van der Waals surface area contributed by atoms with Gasteiger partial charge < -0.3 is 0 Å². The lowest BCUT2D eigenvalue weighted by atomic mass is 9.85. The summed E-state index contributed by atoms with van der Waals surface area (Å²) in [4.78, 5) is 0. The van der Waals surface area contributed by atoms with Crippen molar-refractivity contribution in [2.24, 2.45) is 5.92 Å². The maximum Gasteiger partial charge on any atom is 0.108 e. The number of nitrogens with one attached hydrogen (secondary N) is 1. The van der Waals surface area contributed by atoms with E-state index in [-0.39, 0.29) is 5.54 Å². The van der Waals surface area contributed by atoms with Crippen LogP contribution < -0.4 is 5.32 Å². The molecule has 0 aromatic heterocycles. The molecule has 0 aromatic carbocycles. The van der Waals surface area contributed by atoms with Crippen LogP contribution in [0.1, 0.15) is 40.5 Å². The SMILES string of the molecule is CCCNC(C#N)(CC)C(C)C. The van der Waals surface area contributed by atoms with Gasteiger partial charge in [0.05, 0.1) is 6.07 Å². The van der Waals surface area contributed by atoms with Crippen LogP contribution in [0.25, 0.3) is 0 Å². The lowest BCUT2D eigenvalue weighted by molar-refractivity contribution is 0.301. The molecule has 0 heterocycles. The van der Waals surface area contributed by atoms with E-state index >= 15 is 0 Å². The van der Waals surface area contributed by atoms with Crippen LogP contribution in [0.5, 0.6) is 0 Å². The summed E-state index contributed by atoms with van der Waals surface area (Å²) in [6, 6.07) is 2.39. The fourth-order valence-corrected chi connectivity index (χ4v) is 1.33. The molecule has 0 aliphatic heterocycles. The minimum Gasteiger partial charge on any atom is -0.299 e. The summed E-state index contributed by atoms with van der Waals surface area (Å²) < 4.78 is 0. The highest BCUT2D eigenvalue weighted by molar-refractivity contribution is 5.08. The Morgan fingerprint density at radius 2 is 2.00 bits per heavy atom.